The highest BCUT2D eigenvalue weighted by Crippen LogP contribution is 2.37. The fourth-order valence-corrected chi connectivity index (χ4v) is 5.12. The molecule has 4 rings (SSSR count). The van der Waals surface area contributed by atoms with Crippen molar-refractivity contribution < 1.29 is 0 Å². The molecule has 38 heavy (non-hydrogen) atoms. The normalized spacial score (nSPS) is 13.6. The molecule has 0 aliphatic carbocycles. The average molecular weight is 518 g/mol. The van der Waals surface area contributed by atoms with Crippen LogP contribution in [0, 0.1) is 28.1 Å². The molecule has 0 saturated carbocycles. The Morgan fingerprint density at radius 2 is 1.45 bits per heavy atom. The molecule has 4 aromatic carbocycles. The van der Waals surface area contributed by atoms with Crippen molar-refractivity contribution in [3.63, 3.8) is 0 Å². The van der Waals surface area contributed by atoms with Crippen LogP contribution in [-0.2, 0) is 6.42 Å². The molecule has 0 aliphatic rings. The first-order valence-corrected chi connectivity index (χ1v) is 13.3. The van der Waals surface area contributed by atoms with E-state index in [4.69, 9.17) is 11.6 Å². The van der Waals surface area contributed by atoms with Gasteiger partial charge in [0.2, 0.25) is 0 Å². The summed E-state index contributed by atoms with van der Waals surface area (Å²) < 4.78 is 0. The monoisotopic (exact) mass is 517 g/mol. The molecule has 0 spiro atoms. The maximum atomic E-state index is 10.2. The molecule has 0 bridgehead atoms. The summed E-state index contributed by atoms with van der Waals surface area (Å²) in [4.78, 5) is 0. The van der Waals surface area contributed by atoms with Gasteiger partial charge in [-0.05, 0) is 85.3 Å². The second kappa shape index (κ2) is 12.1. The summed E-state index contributed by atoms with van der Waals surface area (Å²) in [6.07, 6.45) is 0.768. The molecule has 4 heteroatoms. The van der Waals surface area contributed by atoms with Crippen LogP contribution in [0.5, 0.6) is 0 Å². The first-order chi connectivity index (χ1) is 18.3. The standard InChI is InChI=1S/C34H32ClN3/c1-24(32(20-25-15-17-31(35)18-16-25)29-13-7-9-26(19-29)22-36)38-33(34(2,3)23-37)30-14-8-12-28(21-30)27-10-5-4-6-11-27/h4-19,21,24,32-33,38H,20H2,1-3H3/t24-,32+,33?/m0/s1. The van der Waals surface area contributed by atoms with Crippen LogP contribution in [0.2, 0.25) is 5.02 Å². The lowest BCUT2D eigenvalue weighted by Crippen LogP contribution is -2.42. The van der Waals surface area contributed by atoms with Crippen molar-refractivity contribution in [2.24, 2.45) is 5.41 Å². The van der Waals surface area contributed by atoms with E-state index in [1.807, 2.05) is 62.4 Å². The summed E-state index contributed by atoms with van der Waals surface area (Å²) >= 11 is 6.15. The Balaban J connectivity index is 1.71. The first-order valence-electron chi connectivity index (χ1n) is 12.9. The number of hydrogen-bond acceptors (Lipinski definition) is 3. The lowest BCUT2D eigenvalue weighted by molar-refractivity contribution is 0.281. The third kappa shape index (κ3) is 6.51. The van der Waals surface area contributed by atoms with Crippen LogP contribution in [0.3, 0.4) is 0 Å². The zero-order valence-corrected chi connectivity index (χ0v) is 22.8. The second-order valence-corrected chi connectivity index (χ2v) is 10.8. The van der Waals surface area contributed by atoms with Crippen molar-refractivity contribution in [2.75, 3.05) is 0 Å². The van der Waals surface area contributed by atoms with Crippen molar-refractivity contribution in [2.45, 2.75) is 45.2 Å². The van der Waals surface area contributed by atoms with Crippen LogP contribution < -0.4 is 5.32 Å². The minimum Gasteiger partial charge on any atom is -0.305 e. The van der Waals surface area contributed by atoms with E-state index < -0.39 is 5.41 Å². The molecule has 0 amide bonds. The van der Waals surface area contributed by atoms with Crippen LogP contribution in [0.25, 0.3) is 11.1 Å². The van der Waals surface area contributed by atoms with Gasteiger partial charge < -0.3 is 5.32 Å². The number of benzene rings is 4. The highest BCUT2D eigenvalue weighted by Gasteiger charge is 2.34. The van der Waals surface area contributed by atoms with Gasteiger partial charge in [0.25, 0.3) is 0 Å². The molecule has 1 N–H and O–H groups in total. The van der Waals surface area contributed by atoms with Crippen molar-refractivity contribution in [3.05, 3.63) is 130 Å². The summed E-state index contributed by atoms with van der Waals surface area (Å²) in [5.74, 6) is 0.0683. The van der Waals surface area contributed by atoms with Crippen LogP contribution in [0.1, 0.15) is 55.0 Å². The zero-order valence-electron chi connectivity index (χ0n) is 22.0. The molecule has 0 saturated heterocycles. The minimum atomic E-state index is -0.664. The Morgan fingerprint density at radius 3 is 2.13 bits per heavy atom. The van der Waals surface area contributed by atoms with E-state index in [9.17, 15) is 10.5 Å². The molecule has 3 nitrogen and oxygen atoms in total. The maximum absolute atomic E-state index is 10.2. The van der Waals surface area contributed by atoms with Crippen LogP contribution >= 0.6 is 11.6 Å². The van der Waals surface area contributed by atoms with Gasteiger partial charge in [-0.1, -0.05) is 84.4 Å². The van der Waals surface area contributed by atoms with E-state index in [1.165, 1.54) is 0 Å². The van der Waals surface area contributed by atoms with Crippen LogP contribution in [0.15, 0.2) is 103 Å². The first kappa shape index (κ1) is 27.2. The minimum absolute atomic E-state index is 0.00220. The van der Waals surface area contributed by atoms with Gasteiger partial charge in [0.15, 0.2) is 0 Å². The van der Waals surface area contributed by atoms with E-state index in [2.05, 4.69) is 79.0 Å². The molecule has 3 atom stereocenters. The number of nitrogens with one attached hydrogen (secondary N) is 1. The predicted octanol–water partition coefficient (Wildman–Crippen LogP) is 8.47. The maximum Gasteiger partial charge on any atom is 0.0991 e. The van der Waals surface area contributed by atoms with E-state index >= 15 is 0 Å². The molecule has 0 heterocycles. The van der Waals surface area contributed by atoms with E-state index in [1.54, 1.807) is 0 Å². The van der Waals surface area contributed by atoms with Crippen molar-refractivity contribution >= 4 is 11.6 Å². The Labute approximate surface area is 231 Å². The van der Waals surface area contributed by atoms with E-state index in [-0.39, 0.29) is 18.0 Å². The van der Waals surface area contributed by atoms with Crippen LogP contribution in [-0.4, -0.2) is 6.04 Å². The lowest BCUT2D eigenvalue weighted by Gasteiger charge is -2.36. The Kier molecular flexibility index (Phi) is 8.65. The highest BCUT2D eigenvalue weighted by molar-refractivity contribution is 6.30. The van der Waals surface area contributed by atoms with Gasteiger partial charge in [-0.25, -0.2) is 0 Å². The molecule has 0 radical (unpaired) electrons. The summed E-state index contributed by atoms with van der Waals surface area (Å²) in [6, 6.07) is 39.1. The van der Waals surface area contributed by atoms with E-state index in [0.717, 1.165) is 34.2 Å². The molecular weight excluding hydrogens is 486 g/mol. The van der Waals surface area contributed by atoms with Crippen molar-refractivity contribution in [3.8, 4) is 23.3 Å². The fourth-order valence-electron chi connectivity index (χ4n) is 4.99. The summed E-state index contributed by atoms with van der Waals surface area (Å²) in [6.45, 7) is 6.13. The smallest absolute Gasteiger partial charge is 0.0991 e. The third-order valence-corrected chi connectivity index (χ3v) is 7.43. The van der Waals surface area contributed by atoms with Crippen LogP contribution in [0.4, 0.5) is 0 Å². The topological polar surface area (TPSA) is 59.6 Å². The Hall–Kier alpha value is -3.89. The molecule has 1 unspecified atom stereocenters. The molecule has 0 fully saturated rings. The van der Waals surface area contributed by atoms with Gasteiger partial charge in [-0.2, -0.15) is 10.5 Å². The number of halogens is 1. The summed E-state index contributed by atoms with van der Waals surface area (Å²) in [7, 11) is 0. The Morgan fingerprint density at radius 1 is 0.789 bits per heavy atom. The largest absolute Gasteiger partial charge is 0.305 e. The number of rotatable bonds is 9. The molecule has 4 aromatic rings. The van der Waals surface area contributed by atoms with Gasteiger partial charge in [-0.15, -0.1) is 0 Å². The van der Waals surface area contributed by atoms with E-state index in [0.29, 0.717) is 10.6 Å². The quantitative estimate of drug-likeness (QED) is 0.242. The number of nitrogens with zero attached hydrogens (tertiary/aromatic N) is 2. The van der Waals surface area contributed by atoms with Gasteiger partial charge in [0, 0.05) is 17.0 Å². The van der Waals surface area contributed by atoms with Gasteiger partial charge >= 0.3 is 0 Å². The highest BCUT2D eigenvalue weighted by atomic mass is 35.5. The van der Waals surface area contributed by atoms with Crippen molar-refractivity contribution in [1.82, 2.24) is 5.32 Å². The number of nitriles is 2. The predicted molar refractivity (Wildman–Crippen MR) is 156 cm³/mol. The number of hydrogen-bond donors (Lipinski definition) is 1. The van der Waals surface area contributed by atoms with Crippen molar-refractivity contribution in [1.29, 1.82) is 10.5 Å². The van der Waals surface area contributed by atoms with Gasteiger partial charge in [0.05, 0.1) is 29.2 Å². The molecule has 0 aromatic heterocycles. The Bertz CT molecular complexity index is 1450. The zero-order chi connectivity index (χ0) is 27.1. The SMILES string of the molecule is C[C@H](NC(c1cccc(-c2ccccc2)c1)C(C)(C)C#N)[C@@H](Cc1ccc(Cl)cc1)c1cccc(C#N)c1. The fraction of sp³-hybridized carbons (Fsp3) is 0.235. The summed E-state index contributed by atoms with van der Waals surface area (Å²) in [5.41, 5.74) is 5.56. The molecular formula is C34H32ClN3. The second-order valence-electron chi connectivity index (χ2n) is 10.4. The summed E-state index contributed by atoms with van der Waals surface area (Å²) in [5, 5.41) is 24.3. The molecule has 0 aliphatic heterocycles. The molecule has 190 valence electrons. The van der Waals surface area contributed by atoms with Gasteiger partial charge in [0.1, 0.15) is 0 Å². The third-order valence-electron chi connectivity index (χ3n) is 7.18. The lowest BCUT2D eigenvalue weighted by atomic mass is 9.79. The average Bonchev–Trinajstić information content (AvgIpc) is 2.96. The van der Waals surface area contributed by atoms with Gasteiger partial charge in [-0.3, -0.25) is 0 Å².